The van der Waals surface area contributed by atoms with Crippen molar-refractivity contribution in [1.82, 2.24) is 19.2 Å². The molecule has 3 heterocycles. The second-order valence-corrected chi connectivity index (χ2v) is 7.47. The van der Waals surface area contributed by atoms with E-state index in [4.69, 9.17) is 9.47 Å². The Labute approximate surface area is 178 Å². The lowest BCUT2D eigenvalue weighted by Gasteiger charge is -2.26. The molecule has 0 N–H and O–H groups in total. The van der Waals surface area contributed by atoms with E-state index in [-0.39, 0.29) is 17.2 Å². The largest absolute Gasteiger partial charge is 0.497 e. The molecule has 1 aliphatic heterocycles. The topological polar surface area (TPSA) is 78.6 Å². The molecule has 4 aromatic rings. The third-order valence-corrected chi connectivity index (χ3v) is 5.76. The van der Waals surface area contributed by atoms with Crippen molar-refractivity contribution < 1.29 is 14.3 Å². The third kappa shape index (κ3) is 3.07. The summed E-state index contributed by atoms with van der Waals surface area (Å²) < 4.78 is 13.8. The highest BCUT2D eigenvalue weighted by molar-refractivity contribution is 6.16. The van der Waals surface area contributed by atoms with Gasteiger partial charge in [-0.05, 0) is 30.3 Å². The average molecular weight is 418 g/mol. The van der Waals surface area contributed by atoms with Crippen LogP contribution in [0.2, 0.25) is 0 Å². The minimum atomic E-state index is -0.280. The molecule has 1 amide bonds. The zero-order chi connectivity index (χ0) is 21.5. The summed E-state index contributed by atoms with van der Waals surface area (Å²) in [5.74, 6) is 0.471. The van der Waals surface area contributed by atoms with Crippen LogP contribution in [0.1, 0.15) is 10.5 Å². The van der Waals surface area contributed by atoms with Crippen LogP contribution in [-0.4, -0.2) is 58.6 Å². The van der Waals surface area contributed by atoms with Crippen LogP contribution in [0.4, 0.5) is 0 Å². The first-order valence-corrected chi connectivity index (χ1v) is 10.1. The molecule has 0 unspecified atom stereocenters. The molecule has 31 heavy (non-hydrogen) atoms. The number of carbonyl (C=O) groups is 1. The zero-order valence-electron chi connectivity index (χ0n) is 17.4. The van der Waals surface area contributed by atoms with Gasteiger partial charge >= 0.3 is 0 Å². The van der Waals surface area contributed by atoms with Gasteiger partial charge < -0.3 is 18.9 Å². The number of fused-ring (bicyclic) bond motifs is 3. The monoisotopic (exact) mass is 418 g/mol. The van der Waals surface area contributed by atoms with E-state index < -0.39 is 0 Å². The molecule has 0 bridgehead atoms. The molecule has 8 nitrogen and oxygen atoms in total. The Hall–Kier alpha value is -3.65. The molecular weight excluding hydrogens is 396 g/mol. The normalized spacial score (nSPS) is 14.3. The molecule has 2 aromatic carbocycles. The number of amides is 1. The first kappa shape index (κ1) is 19.3. The summed E-state index contributed by atoms with van der Waals surface area (Å²) in [6, 6.07) is 14.7. The number of benzene rings is 2. The number of aromatic nitrogens is 3. The average Bonchev–Trinajstić information content (AvgIpc) is 3.13. The number of ether oxygens (including phenoxy) is 2. The third-order valence-electron chi connectivity index (χ3n) is 5.76. The summed E-state index contributed by atoms with van der Waals surface area (Å²) in [7, 11) is 3.42. The Morgan fingerprint density at radius 3 is 2.48 bits per heavy atom. The van der Waals surface area contributed by atoms with Gasteiger partial charge in [0.25, 0.3) is 11.5 Å². The van der Waals surface area contributed by atoms with E-state index in [2.05, 4.69) is 5.10 Å². The fraction of sp³-hybridized carbons (Fsp3) is 0.261. The second kappa shape index (κ2) is 7.55. The summed E-state index contributed by atoms with van der Waals surface area (Å²) in [6.07, 6.45) is 0. The van der Waals surface area contributed by atoms with E-state index >= 15 is 0 Å². The number of aryl methyl sites for hydroxylation is 1. The van der Waals surface area contributed by atoms with Gasteiger partial charge in [0.2, 0.25) is 0 Å². The number of hydrogen-bond acceptors (Lipinski definition) is 5. The predicted octanol–water partition coefficient (Wildman–Crippen LogP) is 2.36. The van der Waals surface area contributed by atoms with Crippen LogP contribution in [0.15, 0.2) is 53.3 Å². The molecule has 1 saturated heterocycles. The van der Waals surface area contributed by atoms with Crippen LogP contribution < -0.4 is 10.3 Å². The quantitative estimate of drug-likeness (QED) is 0.510. The highest BCUT2D eigenvalue weighted by Crippen LogP contribution is 2.29. The van der Waals surface area contributed by atoms with Crippen molar-refractivity contribution in [3.8, 4) is 11.4 Å². The number of carbonyl (C=O) groups excluding carboxylic acids is 1. The van der Waals surface area contributed by atoms with Crippen molar-refractivity contribution in [2.45, 2.75) is 0 Å². The maximum absolute atomic E-state index is 13.5. The van der Waals surface area contributed by atoms with Crippen molar-refractivity contribution in [3.05, 3.63) is 64.6 Å². The summed E-state index contributed by atoms with van der Waals surface area (Å²) >= 11 is 0. The van der Waals surface area contributed by atoms with E-state index in [9.17, 15) is 9.59 Å². The highest BCUT2D eigenvalue weighted by Gasteiger charge is 2.27. The Morgan fingerprint density at radius 2 is 1.77 bits per heavy atom. The van der Waals surface area contributed by atoms with Crippen LogP contribution in [-0.2, 0) is 11.8 Å². The first-order chi connectivity index (χ1) is 15.1. The molecule has 0 saturated carbocycles. The predicted molar refractivity (Wildman–Crippen MR) is 117 cm³/mol. The fourth-order valence-corrected chi connectivity index (χ4v) is 4.14. The van der Waals surface area contributed by atoms with Crippen LogP contribution >= 0.6 is 0 Å². The van der Waals surface area contributed by atoms with Crippen molar-refractivity contribution in [2.75, 3.05) is 33.4 Å². The van der Waals surface area contributed by atoms with Crippen LogP contribution in [0.25, 0.3) is 27.5 Å². The molecule has 158 valence electrons. The van der Waals surface area contributed by atoms with Crippen LogP contribution in [0.3, 0.4) is 0 Å². The van der Waals surface area contributed by atoms with Gasteiger partial charge in [-0.15, -0.1) is 0 Å². The molecular formula is C23H22N4O4. The van der Waals surface area contributed by atoms with Crippen molar-refractivity contribution in [2.24, 2.45) is 7.05 Å². The molecule has 8 heteroatoms. The first-order valence-electron chi connectivity index (χ1n) is 10.1. The molecule has 1 aliphatic rings. The Morgan fingerprint density at radius 1 is 1.06 bits per heavy atom. The lowest BCUT2D eigenvalue weighted by Crippen LogP contribution is -2.42. The standard InChI is InChI=1S/C23H22N4O4/c1-25-18-6-4-3-5-17(18)19-20(22(28)26-11-13-31-14-12-26)24-27(23(29)21(19)25)15-7-9-16(30-2)10-8-15/h3-10H,11-14H2,1-2H3. The summed E-state index contributed by atoms with van der Waals surface area (Å²) in [5, 5.41) is 6.01. The fourth-order valence-electron chi connectivity index (χ4n) is 4.14. The van der Waals surface area contributed by atoms with Crippen LogP contribution in [0.5, 0.6) is 5.75 Å². The smallest absolute Gasteiger partial charge is 0.296 e. The summed E-state index contributed by atoms with van der Waals surface area (Å²) in [6.45, 7) is 1.97. The number of rotatable bonds is 3. The molecule has 0 atom stereocenters. The van der Waals surface area contributed by atoms with Gasteiger partial charge in [-0.2, -0.15) is 9.78 Å². The van der Waals surface area contributed by atoms with Crippen molar-refractivity contribution in [3.63, 3.8) is 0 Å². The molecule has 0 radical (unpaired) electrons. The van der Waals surface area contributed by atoms with Gasteiger partial charge in [0, 0.05) is 36.4 Å². The number of morpholine rings is 1. The molecule has 0 aliphatic carbocycles. The Kier molecular flexibility index (Phi) is 4.71. The lowest BCUT2D eigenvalue weighted by atomic mass is 10.1. The second-order valence-electron chi connectivity index (χ2n) is 7.47. The van der Waals surface area contributed by atoms with Gasteiger partial charge in [-0.3, -0.25) is 9.59 Å². The molecule has 1 fully saturated rings. The van der Waals surface area contributed by atoms with Gasteiger partial charge in [-0.25, -0.2) is 0 Å². The molecule has 0 spiro atoms. The Bertz CT molecular complexity index is 1350. The van der Waals surface area contributed by atoms with E-state index in [0.29, 0.717) is 48.6 Å². The maximum atomic E-state index is 13.5. The lowest BCUT2D eigenvalue weighted by molar-refractivity contribution is 0.0299. The van der Waals surface area contributed by atoms with Gasteiger partial charge in [0.1, 0.15) is 11.3 Å². The van der Waals surface area contributed by atoms with E-state index in [1.165, 1.54) is 4.68 Å². The highest BCUT2D eigenvalue weighted by atomic mass is 16.5. The minimum absolute atomic E-state index is 0.202. The van der Waals surface area contributed by atoms with Crippen LogP contribution in [0, 0.1) is 0 Å². The number of nitrogens with zero attached hydrogens (tertiary/aromatic N) is 4. The number of para-hydroxylation sites is 1. The molecule has 5 rings (SSSR count). The minimum Gasteiger partial charge on any atom is -0.497 e. The number of methoxy groups -OCH3 is 1. The Balaban J connectivity index is 1.82. The SMILES string of the molecule is COc1ccc(-n2nc(C(=O)N3CCOCC3)c3c4ccccc4n(C)c3c2=O)cc1. The van der Waals surface area contributed by atoms with E-state index in [1.807, 2.05) is 35.9 Å². The molecule has 2 aromatic heterocycles. The zero-order valence-corrected chi connectivity index (χ0v) is 17.4. The van der Waals surface area contributed by atoms with Crippen molar-refractivity contribution in [1.29, 1.82) is 0 Å². The van der Waals surface area contributed by atoms with Gasteiger partial charge in [0.05, 0.1) is 26.0 Å². The maximum Gasteiger partial charge on any atom is 0.296 e. The number of hydrogen-bond donors (Lipinski definition) is 0. The van der Waals surface area contributed by atoms with E-state index in [1.54, 1.807) is 36.3 Å². The van der Waals surface area contributed by atoms with E-state index in [0.717, 1.165) is 10.9 Å². The van der Waals surface area contributed by atoms with Gasteiger partial charge in [-0.1, -0.05) is 18.2 Å². The summed E-state index contributed by atoms with van der Waals surface area (Å²) in [5.41, 5.74) is 1.87. The van der Waals surface area contributed by atoms with Gasteiger partial charge in [0.15, 0.2) is 5.69 Å². The summed E-state index contributed by atoms with van der Waals surface area (Å²) in [4.78, 5) is 28.8. The van der Waals surface area contributed by atoms with Crippen molar-refractivity contribution >= 4 is 27.7 Å².